The summed E-state index contributed by atoms with van der Waals surface area (Å²) in [6.45, 7) is 10.8. The zero-order valence-corrected chi connectivity index (χ0v) is 11.0. The first kappa shape index (κ1) is 13.2. The topological polar surface area (TPSA) is 29.9 Å². The summed E-state index contributed by atoms with van der Waals surface area (Å²) in [7, 11) is 0. The minimum Gasteiger partial charge on any atom is -0.310 e. The summed E-state index contributed by atoms with van der Waals surface area (Å²) in [5.74, 6) is 0.703. The van der Waals surface area contributed by atoms with E-state index >= 15 is 0 Å². The van der Waals surface area contributed by atoms with Crippen LogP contribution in [-0.2, 0) is 6.54 Å². The van der Waals surface area contributed by atoms with Gasteiger partial charge in [-0.25, -0.2) is 0 Å². The highest BCUT2D eigenvalue weighted by atomic mass is 15.3. The van der Waals surface area contributed by atoms with Crippen molar-refractivity contribution >= 4 is 0 Å². The Morgan fingerprint density at radius 2 is 1.94 bits per heavy atom. The van der Waals surface area contributed by atoms with Crippen molar-refractivity contribution in [3.05, 3.63) is 18.0 Å². The third-order valence-corrected chi connectivity index (χ3v) is 3.28. The van der Waals surface area contributed by atoms with E-state index in [1.54, 1.807) is 0 Å². The molecule has 1 atom stereocenters. The average Bonchev–Trinajstić information content (AvgIpc) is 2.77. The van der Waals surface area contributed by atoms with Gasteiger partial charge in [-0.3, -0.25) is 4.68 Å². The van der Waals surface area contributed by atoms with Crippen LogP contribution in [0, 0.1) is 5.92 Å². The van der Waals surface area contributed by atoms with Crippen LogP contribution in [0.25, 0.3) is 0 Å². The largest absolute Gasteiger partial charge is 0.310 e. The number of aryl methyl sites for hydroxylation is 1. The summed E-state index contributed by atoms with van der Waals surface area (Å²) >= 11 is 0. The predicted octanol–water partition coefficient (Wildman–Crippen LogP) is 2.99. The molecule has 0 saturated carbocycles. The Kier molecular flexibility index (Phi) is 5.53. The van der Waals surface area contributed by atoms with Gasteiger partial charge < -0.3 is 5.32 Å². The number of rotatable bonds is 7. The van der Waals surface area contributed by atoms with E-state index in [-0.39, 0.29) is 0 Å². The lowest BCUT2D eigenvalue weighted by molar-refractivity contribution is 0.346. The van der Waals surface area contributed by atoms with Gasteiger partial charge in [0, 0.05) is 24.3 Å². The van der Waals surface area contributed by atoms with Crippen LogP contribution in [0.5, 0.6) is 0 Å². The summed E-state index contributed by atoms with van der Waals surface area (Å²) < 4.78 is 2.00. The van der Waals surface area contributed by atoms with Crippen LogP contribution >= 0.6 is 0 Å². The fourth-order valence-electron chi connectivity index (χ4n) is 2.25. The molecule has 1 N–H and O–H groups in total. The summed E-state index contributed by atoms with van der Waals surface area (Å²) in [4.78, 5) is 0. The van der Waals surface area contributed by atoms with Crippen molar-refractivity contribution in [2.24, 2.45) is 5.92 Å². The molecule has 0 aromatic carbocycles. The Labute approximate surface area is 99.2 Å². The smallest absolute Gasteiger partial charge is 0.0537 e. The monoisotopic (exact) mass is 223 g/mol. The van der Waals surface area contributed by atoms with E-state index in [1.807, 2.05) is 10.9 Å². The Bertz CT molecular complexity index is 289. The van der Waals surface area contributed by atoms with Gasteiger partial charge in [-0.05, 0) is 19.4 Å². The van der Waals surface area contributed by atoms with Crippen LogP contribution in [0.15, 0.2) is 12.4 Å². The molecule has 1 aromatic rings. The molecule has 16 heavy (non-hydrogen) atoms. The van der Waals surface area contributed by atoms with E-state index < -0.39 is 0 Å². The highest BCUT2D eigenvalue weighted by Gasteiger charge is 2.20. The van der Waals surface area contributed by atoms with E-state index in [1.165, 1.54) is 18.4 Å². The summed E-state index contributed by atoms with van der Waals surface area (Å²) in [6.07, 6.45) is 6.61. The van der Waals surface area contributed by atoms with Crippen molar-refractivity contribution in [3.63, 3.8) is 0 Å². The van der Waals surface area contributed by atoms with Crippen molar-refractivity contribution < 1.29 is 0 Å². The lowest BCUT2D eigenvalue weighted by atomic mass is 9.90. The van der Waals surface area contributed by atoms with Crippen LogP contribution < -0.4 is 5.32 Å². The minimum atomic E-state index is 0.459. The van der Waals surface area contributed by atoms with Crippen molar-refractivity contribution in [2.45, 2.75) is 53.1 Å². The van der Waals surface area contributed by atoms with Gasteiger partial charge in [-0.2, -0.15) is 5.10 Å². The third-order valence-electron chi connectivity index (χ3n) is 3.28. The molecule has 0 aliphatic rings. The molecule has 3 nitrogen and oxygen atoms in total. The van der Waals surface area contributed by atoms with Crippen LogP contribution in [-0.4, -0.2) is 16.3 Å². The van der Waals surface area contributed by atoms with E-state index in [4.69, 9.17) is 0 Å². The maximum Gasteiger partial charge on any atom is 0.0537 e. The molecule has 0 amide bonds. The molecule has 1 rings (SSSR count). The lowest BCUT2D eigenvalue weighted by Crippen LogP contribution is -2.27. The fraction of sp³-hybridized carbons (Fsp3) is 0.769. The van der Waals surface area contributed by atoms with Gasteiger partial charge in [0.2, 0.25) is 0 Å². The SMILES string of the molecule is CCNC(c1cnn(CC)c1)C(CC)CC. The summed E-state index contributed by atoms with van der Waals surface area (Å²) in [5, 5.41) is 7.95. The molecule has 0 saturated heterocycles. The first-order valence-electron chi connectivity index (χ1n) is 6.52. The van der Waals surface area contributed by atoms with Gasteiger partial charge in [0.25, 0.3) is 0 Å². The second-order valence-electron chi connectivity index (χ2n) is 4.24. The normalized spacial score (nSPS) is 13.3. The molecule has 0 fully saturated rings. The first-order valence-corrected chi connectivity index (χ1v) is 6.52. The standard InChI is InChI=1S/C13H25N3/c1-5-11(6-2)13(14-7-3)12-9-15-16(8-4)10-12/h9-11,13-14H,5-8H2,1-4H3. The Morgan fingerprint density at radius 3 is 2.38 bits per heavy atom. The van der Waals surface area contributed by atoms with E-state index in [2.05, 4.69) is 44.3 Å². The molecule has 0 bridgehead atoms. The molecule has 1 unspecified atom stereocenters. The van der Waals surface area contributed by atoms with Gasteiger partial charge in [-0.1, -0.05) is 33.6 Å². The van der Waals surface area contributed by atoms with Gasteiger partial charge in [0.1, 0.15) is 0 Å². The Balaban J connectivity index is 2.82. The maximum atomic E-state index is 4.37. The van der Waals surface area contributed by atoms with Crippen molar-refractivity contribution in [2.75, 3.05) is 6.54 Å². The number of hydrogen-bond donors (Lipinski definition) is 1. The molecular formula is C13H25N3. The second-order valence-corrected chi connectivity index (χ2v) is 4.24. The van der Waals surface area contributed by atoms with Gasteiger partial charge >= 0.3 is 0 Å². The molecular weight excluding hydrogens is 198 g/mol. The fourth-order valence-corrected chi connectivity index (χ4v) is 2.25. The molecule has 0 spiro atoms. The van der Waals surface area contributed by atoms with Gasteiger partial charge in [0.15, 0.2) is 0 Å². The molecule has 0 aliphatic carbocycles. The molecule has 92 valence electrons. The maximum absolute atomic E-state index is 4.37. The zero-order chi connectivity index (χ0) is 12.0. The Hall–Kier alpha value is -0.830. The summed E-state index contributed by atoms with van der Waals surface area (Å²) in [5.41, 5.74) is 1.33. The van der Waals surface area contributed by atoms with Crippen LogP contribution in [0.4, 0.5) is 0 Å². The minimum absolute atomic E-state index is 0.459. The summed E-state index contributed by atoms with van der Waals surface area (Å²) in [6, 6.07) is 0.459. The predicted molar refractivity (Wildman–Crippen MR) is 68.4 cm³/mol. The van der Waals surface area contributed by atoms with E-state index in [9.17, 15) is 0 Å². The van der Waals surface area contributed by atoms with Crippen LogP contribution in [0.2, 0.25) is 0 Å². The molecule has 1 aromatic heterocycles. The highest BCUT2D eigenvalue weighted by Crippen LogP contribution is 2.26. The molecule has 0 aliphatic heterocycles. The number of aromatic nitrogens is 2. The van der Waals surface area contributed by atoms with Crippen molar-refractivity contribution in [1.82, 2.24) is 15.1 Å². The quantitative estimate of drug-likeness (QED) is 0.770. The molecule has 0 radical (unpaired) electrons. The van der Waals surface area contributed by atoms with Crippen LogP contribution in [0.1, 0.15) is 52.1 Å². The highest BCUT2D eigenvalue weighted by molar-refractivity contribution is 5.11. The molecule has 1 heterocycles. The van der Waals surface area contributed by atoms with Gasteiger partial charge in [-0.15, -0.1) is 0 Å². The van der Waals surface area contributed by atoms with Crippen molar-refractivity contribution in [3.8, 4) is 0 Å². The first-order chi connectivity index (χ1) is 7.76. The number of nitrogens with one attached hydrogen (secondary N) is 1. The Morgan fingerprint density at radius 1 is 1.25 bits per heavy atom. The van der Waals surface area contributed by atoms with Gasteiger partial charge in [0.05, 0.1) is 6.20 Å². The average molecular weight is 223 g/mol. The zero-order valence-electron chi connectivity index (χ0n) is 11.0. The van der Waals surface area contributed by atoms with E-state index in [0.717, 1.165) is 13.1 Å². The number of nitrogens with zero attached hydrogens (tertiary/aromatic N) is 2. The van der Waals surface area contributed by atoms with Crippen molar-refractivity contribution in [1.29, 1.82) is 0 Å². The number of hydrogen-bond acceptors (Lipinski definition) is 2. The molecule has 3 heteroatoms. The van der Waals surface area contributed by atoms with E-state index in [0.29, 0.717) is 12.0 Å². The van der Waals surface area contributed by atoms with Crippen LogP contribution in [0.3, 0.4) is 0 Å². The second kappa shape index (κ2) is 6.69. The third kappa shape index (κ3) is 3.08. The lowest BCUT2D eigenvalue weighted by Gasteiger charge is -2.25.